The summed E-state index contributed by atoms with van der Waals surface area (Å²) in [6.07, 6.45) is 0. The fourth-order valence-electron chi connectivity index (χ4n) is 2.80. The largest absolute Gasteiger partial charge is 0.463 e. The number of thioether (sulfide) groups is 1. The number of hydrogen-bond donors (Lipinski definition) is 1. The first-order valence-electron chi connectivity index (χ1n) is 8.63. The summed E-state index contributed by atoms with van der Waals surface area (Å²) in [6, 6.07) is 19.8. The minimum atomic E-state index is -0.352. The Bertz CT molecular complexity index is 816. The Hall–Kier alpha value is -2.53. The van der Waals surface area contributed by atoms with Gasteiger partial charge in [0.25, 0.3) is 0 Å². The molecule has 0 bridgehead atoms. The van der Waals surface area contributed by atoms with Gasteiger partial charge in [0.2, 0.25) is 0 Å². The molecular formula is C21H22N2O2S. The third kappa shape index (κ3) is 4.35. The lowest BCUT2D eigenvalue weighted by Gasteiger charge is -2.25. The molecule has 0 aromatic heterocycles. The van der Waals surface area contributed by atoms with E-state index in [0.717, 1.165) is 22.2 Å². The Kier molecular flexibility index (Phi) is 6.12. The molecule has 1 heterocycles. The number of rotatable bonds is 5. The molecule has 1 atom stereocenters. The number of esters is 1. The Labute approximate surface area is 158 Å². The molecule has 0 radical (unpaired) electrons. The zero-order valence-corrected chi connectivity index (χ0v) is 15.8. The zero-order chi connectivity index (χ0) is 18.4. The van der Waals surface area contributed by atoms with Crippen LogP contribution < -0.4 is 5.32 Å². The van der Waals surface area contributed by atoms with Gasteiger partial charge >= 0.3 is 5.97 Å². The van der Waals surface area contributed by atoms with Crippen LogP contribution >= 0.6 is 11.8 Å². The van der Waals surface area contributed by atoms with Crippen molar-refractivity contribution in [3.63, 3.8) is 0 Å². The molecule has 2 aromatic carbocycles. The number of carbonyl (C=O) groups is 1. The monoisotopic (exact) mass is 366 g/mol. The van der Waals surface area contributed by atoms with E-state index >= 15 is 0 Å². The van der Waals surface area contributed by atoms with E-state index in [4.69, 9.17) is 9.73 Å². The molecule has 0 spiro atoms. The molecular weight excluding hydrogens is 344 g/mol. The van der Waals surface area contributed by atoms with Crippen molar-refractivity contribution in [1.82, 2.24) is 5.32 Å². The van der Waals surface area contributed by atoms with Crippen molar-refractivity contribution in [3.05, 3.63) is 83.1 Å². The average Bonchev–Trinajstić information content (AvgIpc) is 2.67. The molecule has 0 unspecified atom stereocenters. The summed E-state index contributed by atoms with van der Waals surface area (Å²) >= 11 is 1.63. The highest BCUT2D eigenvalue weighted by Crippen LogP contribution is 2.33. The molecule has 1 aliphatic rings. The smallest absolute Gasteiger partial charge is 0.338 e. The second kappa shape index (κ2) is 8.72. The van der Waals surface area contributed by atoms with Gasteiger partial charge in [-0.25, -0.2) is 9.79 Å². The Morgan fingerprint density at radius 2 is 1.77 bits per heavy atom. The normalized spacial score (nSPS) is 16.7. The van der Waals surface area contributed by atoms with Gasteiger partial charge in [-0.3, -0.25) is 0 Å². The summed E-state index contributed by atoms with van der Waals surface area (Å²) < 4.78 is 5.26. The van der Waals surface area contributed by atoms with E-state index in [-0.39, 0.29) is 12.0 Å². The van der Waals surface area contributed by atoms with Crippen LogP contribution in [0.15, 0.2) is 76.9 Å². The van der Waals surface area contributed by atoms with Crippen LogP contribution in [0.25, 0.3) is 0 Å². The summed E-state index contributed by atoms with van der Waals surface area (Å²) in [5, 5.41) is 4.08. The lowest BCUT2D eigenvalue weighted by Crippen LogP contribution is -2.30. The number of aliphatic imine (C=N–C) groups is 1. The number of ether oxygens (including phenoxy) is 1. The van der Waals surface area contributed by atoms with Gasteiger partial charge in [0.05, 0.1) is 12.2 Å². The molecule has 0 amide bonds. The average molecular weight is 366 g/mol. The number of benzene rings is 2. The van der Waals surface area contributed by atoms with E-state index in [1.54, 1.807) is 11.8 Å². The van der Waals surface area contributed by atoms with Crippen LogP contribution in [-0.2, 0) is 15.3 Å². The summed E-state index contributed by atoms with van der Waals surface area (Å²) in [4.78, 5) is 17.3. The predicted octanol–water partition coefficient (Wildman–Crippen LogP) is 4.46. The second-order valence-corrected chi connectivity index (χ2v) is 6.87. The molecule has 0 aliphatic carbocycles. The van der Waals surface area contributed by atoms with Crippen LogP contribution in [0.4, 0.5) is 0 Å². The Morgan fingerprint density at radius 1 is 1.12 bits per heavy atom. The van der Waals surface area contributed by atoms with Gasteiger partial charge in [0, 0.05) is 11.4 Å². The van der Waals surface area contributed by atoms with E-state index in [0.29, 0.717) is 12.2 Å². The first-order valence-corrected chi connectivity index (χ1v) is 9.62. The lowest BCUT2D eigenvalue weighted by molar-refractivity contribution is -0.138. The molecule has 134 valence electrons. The van der Waals surface area contributed by atoms with Gasteiger partial charge in [0.1, 0.15) is 6.04 Å². The molecule has 26 heavy (non-hydrogen) atoms. The molecule has 0 saturated heterocycles. The highest BCUT2D eigenvalue weighted by molar-refractivity contribution is 8.13. The SMILES string of the molecule is CCOC(=O)C1=C(C)NC(SCc2ccccc2)=N[C@@H]1c1ccccc1. The van der Waals surface area contributed by atoms with Gasteiger partial charge in [-0.15, -0.1) is 0 Å². The van der Waals surface area contributed by atoms with Crippen LogP contribution in [0, 0.1) is 0 Å². The van der Waals surface area contributed by atoms with E-state index in [2.05, 4.69) is 17.4 Å². The Morgan fingerprint density at radius 3 is 2.42 bits per heavy atom. The van der Waals surface area contributed by atoms with Crippen LogP contribution in [-0.4, -0.2) is 17.7 Å². The number of amidine groups is 1. The molecule has 1 aliphatic heterocycles. The topological polar surface area (TPSA) is 50.7 Å². The molecule has 0 fully saturated rings. The number of nitrogens with one attached hydrogen (secondary N) is 1. The quantitative estimate of drug-likeness (QED) is 0.794. The van der Waals surface area contributed by atoms with E-state index in [1.165, 1.54) is 5.56 Å². The summed E-state index contributed by atoms with van der Waals surface area (Å²) in [5.41, 5.74) is 3.58. The minimum absolute atomic E-state index is 0.317. The maximum Gasteiger partial charge on any atom is 0.338 e. The van der Waals surface area contributed by atoms with Crippen molar-refractivity contribution >= 4 is 22.9 Å². The summed E-state index contributed by atoms with van der Waals surface area (Å²) in [7, 11) is 0. The van der Waals surface area contributed by atoms with Crippen molar-refractivity contribution < 1.29 is 9.53 Å². The van der Waals surface area contributed by atoms with Gasteiger partial charge in [-0.1, -0.05) is 72.4 Å². The van der Waals surface area contributed by atoms with E-state index in [1.807, 2.05) is 62.4 Å². The van der Waals surface area contributed by atoms with Crippen molar-refractivity contribution in [1.29, 1.82) is 0 Å². The summed E-state index contributed by atoms with van der Waals surface area (Å²) in [5.74, 6) is 0.498. The number of nitrogens with zero attached hydrogens (tertiary/aromatic N) is 1. The van der Waals surface area contributed by atoms with Crippen LogP contribution in [0.3, 0.4) is 0 Å². The van der Waals surface area contributed by atoms with Crippen LogP contribution in [0.1, 0.15) is 31.0 Å². The van der Waals surface area contributed by atoms with Gasteiger partial charge in [-0.05, 0) is 25.0 Å². The predicted molar refractivity (Wildman–Crippen MR) is 107 cm³/mol. The number of allylic oxidation sites excluding steroid dienone is 1. The van der Waals surface area contributed by atoms with Crippen molar-refractivity contribution in [2.45, 2.75) is 25.6 Å². The van der Waals surface area contributed by atoms with Crippen molar-refractivity contribution in [2.24, 2.45) is 4.99 Å². The molecule has 1 N–H and O–H groups in total. The Balaban J connectivity index is 1.86. The fourth-order valence-corrected chi connectivity index (χ4v) is 3.70. The van der Waals surface area contributed by atoms with E-state index in [9.17, 15) is 4.79 Å². The molecule has 0 saturated carbocycles. The first kappa shape index (κ1) is 18.3. The standard InChI is InChI=1S/C21H22N2O2S/c1-3-25-20(24)18-15(2)22-21(26-14-16-10-6-4-7-11-16)23-19(18)17-12-8-5-9-13-17/h4-13,19H,3,14H2,1-2H3,(H,22,23)/t19-/m1/s1. The third-order valence-corrected chi connectivity index (χ3v) is 5.01. The highest BCUT2D eigenvalue weighted by atomic mass is 32.2. The zero-order valence-electron chi connectivity index (χ0n) is 14.9. The molecule has 3 rings (SSSR count). The first-order chi connectivity index (χ1) is 12.7. The third-order valence-electron chi connectivity index (χ3n) is 4.05. The maximum atomic E-state index is 12.5. The molecule has 2 aromatic rings. The molecule has 5 heteroatoms. The molecule has 4 nitrogen and oxygen atoms in total. The number of hydrogen-bond acceptors (Lipinski definition) is 5. The second-order valence-electron chi connectivity index (χ2n) is 5.91. The van der Waals surface area contributed by atoms with E-state index < -0.39 is 0 Å². The van der Waals surface area contributed by atoms with Crippen LogP contribution in [0.5, 0.6) is 0 Å². The fraction of sp³-hybridized carbons (Fsp3) is 0.238. The highest BCUT2D eigenvalue weighted by Gasteiger charge is 2.30. The van der Waals surface area contributed by atoms with Crippen molar-refractivity contribution in [3.8, 4) is 0 Å². The van der Waals surface area contributed by atoms with Gasteiger partial charge in [0.15, 0.2) is 5.17 Å². The minimum Gasteiger partial charge on any atom is -0.463 e. The number of carbonyl (C=O) groups excluding carboxylic acids is 1. The summed E-state index contributed by atoms with van der Waals surface area (Å²) in [6.45, 7) is 4.06. The van der Waals surface area contributed by atoms with Gasteiger partial charge < -0.3 is 10.1 Å². The maximum absolute atomic E-state index is 12.5. The van der Waals surface area contributed by atoms with Crippen molar-refractivity contribution in [2.75, 3.05) is 6.61 Å². The van der Waals surface area contributed by atoms with Crippen LogP contribution in [0.2, 0.25) is 0 Å². The lowest BCUT2D eigenvalue weighted by atomic mass is 9.97. The van der Waals surface area contributed by atoms with Gasteiger partial charge in [-0.2, -0.15) is 0 Å².